The maximum atomic E-state index is 13.8. The lowest BCUT2D eigenvalue weighted by molar-refractivity contribution is 0.0475. The van der Waals surface area contributed by atoms with Crippen LogP contribution in [-0.4, -0.2) is 35.1 Å². The van der Waals surface area contributed by atoms with E-state index in [1.807, 2.05) is 0 Å². The molecule has 0 radical (unpaired) electrons. The van der Waals surface area contributed by atoms with E-state index in [0.29, 0.717) is 16.3 Å². The number of fused-ring (bicyclic) bond motifs is 1. The standard InChI is InChI=1S/C16H18FNO2/c1-16(2,10-19)18(3)15(20)13-8-9-14(17)12-7-5-4-6-11(12)13/h4-9,19H,10H2,1-3H3. The van der Waals surface area contributed by atoms with E-state index in [0.717, 1.165) is 0 Å². The number of benzene rings is 2. The van der Waals surface area contributed by atoms with E-state index in [1.54, 1.807) is 45.2 Å². The molecule has 1 amide bonds. The van der Waals surface area contributed by atoms with Crippen molar-refractivity contribution in [2.24, 2.45) is 0 Å². The number of nitrogens with zero attached hydrogens (tertiary/aromatic N) is 1. The molecule has 0 unspecified atom stereocenters. The third-order valence-electron chi connectivity index (χ3n) is 3.70. The lowest BCUT2D eigenvalue weighted by Gasteiger charge is -2.34. The number of hydrogen-bond donors (Lipinski definition) is 1. The summed E-state index contributed by atoms with van der Waals surface area (Å²) in [6, 6.07) is 9.68. The molecule has 0 saturated carbocycles. The number of amides is 1. The number of rotatable bonds is 3. The second-order valence-electron chi connectivity index (χ2n) is 5.48. The van der Waals surface area contributed by atoms with Crippen LogP contribution in [0.3, 0.4) is 0 Å². The van der Waals surface area contributed by atoms with Crippen molar-refractivity contribution < 1.29 is 14.3 Å². The van der Waals surface area contributed by atoms with Gasteiger partial charge in [0.05, 0.1) is 12.1 Å². The molecule has 0 aliphatic rings. The molecule has 0 saturated heterocycles. The highest BCUT2D eigenvalue weighted by atomic mass is 19.1. The molecule has 106 valence electrons. The molecule has 2 aromatic rings. The normalized spacial score (nSPS) is 11.7. The van der Waals surface area contributed by atoms with E-state index in [4.69, 9.17) is 0 Å². The van der Waals surface area contributed by atoms with Gasteiger partial charge in [0.15, 0.2) is 0 Å². The second-order valence-corrected chi connectivity index (χ2v) is 5.48. The van der Waals surface area contributed by atoms with Crippen LogP contribution >= 0.6 is 0 Å². The minimum absolute atomic E-state index is 0.144. The van der Waals surface area contributed by atoms with Gasteiger partial charge in [-0.3, -0.25) is 4.79 Å². The summed E-state index contributed by atoms with van der Waals surface area (Å²) in [5, 5.41) is 10.4. The minimum Gasteiger partial charge on any atom is -0.394 e. The highest BCUT2D eigenvalue weighted by Crippen LogP contribution is 2.24. The Morgan fingerprint density at radius 1 is 1.20 bits per heavy atom. The van der Waals surface area contributed by atoms with Crippen molar-refractivity contribution in [1.29, 1.82) is 0 Å². The molecule has 1 N–H and O–H groups in total. The Labute approximate surface area is 117 Å². The quantitative estimate of drug-likeness (QED) is 0.935. The Bertz CT molecular complexity index is 652. The Hall–Kier alpha value is -1.94. The van der Waals surface area contributed by atoms with Gasteiger partial charge < -0.3 is 10.0 Å². The van der Waals surface area contributed by atoms with E-state index < -0.39 is 5.54 Å². The van der Waals surface area contributed by atoms with E-state index >= 15 is 0 Å². The number of likely N-dealkylation sites (N-methyl/N-ethyl adjacent to an activating group) is 1. The summed E-state index contributed by atoms with van der Waals surface area (Å²) in [6.07, 6.45) is 0. The molecular weight excluding hydrogens is 257 g/mol. The molecule has 0 heterocycles. The van der Waals surface area contributed by atoms with Crippen molar-refractivity contribution in [3.05, 3.63) is 47.8 Å². The monoisotopic (exact) mass is 275 g/mol. The third kappa shape index (κ3) is 2.39. The van der Waals surface area contributed by atoms with Gasteiger partial charge in [0.2, 0.25) is 0 Å². The van der Waals surface area contributed by atoms with Crippen LogP contribution in [0.2, 0.25) is 0 Å². The molecular formula is C16H18FNO2. The van der Waals surface area contributed by atoms with Gasteiger partial charge in [0.25, 0.3) is 5.91 Å². The van der Waals surface area contributed by atoms with Gasteiger partial charge in [-0.15, -0.1) is 0 Å². The first kappa shape index (κ1) is 14.5. The molecule has 0 spiro atoms. The van der Waals surface area contributed by atoms with Crippen molar-refractivity contribution in [3.63, 3.8) is 0 Å². The molecule has 0 atom stereocenters. The van der Waals surface area contributed by atoms with E-state index in [2.05, 4.69) is 0 Å². The minimum atomic E-state index is -0.674. The van der Waals surface area contributed by atoms with Gasteiger partial charge in [-0.05, 0) is 31.4 Å². The zero-order chi connectivity index (χ0) is 14.9. The molecule has 0 bridgehead atoms. The maximum Gasteiger partial charge on any atom is 0.254 e. The molecule has 4 heteroatoms. The van der Waals surface area contributed by atoms with Gasteiger partial charge in [-0.1, -0.05) is 24.3 Å². The largest absolute Gasteiger partial charge is 0.394 e. The van der Waals surface area contributed by atoms with Gasteiger partial charge in [0, 0.05) is 18.0 Å². The van der Waals surface area contributed by atoms with Crippen LogP contribution in [-0.2, 0) is 0 Å². The Kier molecular flexibility index (Phi) is 3.77. The van der Waals surface area contributed by atoms with Crippen molar-refractivity contribution >= 4 is 16.7 Å². The van der Waals surface area contributed by atoms with E-state index in [-0.39, 0.29) is 18.3 Å². The Morgan fingerprint density at radius 3 is 2.40 bits per heavy atom. The third-order valence-corrected chi connectivity index (χ3v) is 3.70. The molecule has 2 aromatic carbocycles. The van der Waals surface area contributed by atoms with Crippen LogP contribution in [0.25, 0.3) is 10.8 Å². The molecule has 0 aromatic heterocycles. The summed E-state index contributed by atoms with van der Waals surface area (Å²) in [5.41, 5.74) is -0.238. The average molecular weight is 275 g/mol. The van der Waals surface area contributed by atoms with Crippen LogP contribution in [0.1, 0.15) is 24.2 Å². The summed E-state index contributed by atoms with van der Waals surface area (Å²) in [4.78, 5) is 14.0. The summed E-state index contributed by atoms with van der Waals surface area (Å²) >= 11 is 0. The molecule has 2 rings (SSSR count). The maximum absolute atomic E-state index is 13.8. The van der Waals surface area contributed by atoms with E-state index in [1.165, 1.54) is 17.0 Å². The Morgan fingerprint density at radius 2 is 1.80 bits per heavy atom. The Balaban J connectivity index is 2.54. The first-order chi connectivity index (χ1) is 9.38. The number of halogens is 1. The number of carbonyl (C=O) groups is 1. The highest BCUT2D eigenvalue weighted by Gasteiger charge is 2.28. The average Bonchev–Trinajstić information content (AvgIpc) is 2.46. The first-order valence-electron chi connectivity index (χ1n) is 6.45. The predicted octanol–water partition coefficient (Wildman–Crippen LogP) is 2.82. The summed E-state index contributed by atoms with van der Waals surface area (Å²) in [6.45, 7) is 3.40. The van der Waals surface area contributed by atoms with Crippen molar-refractivity contribution in [3.8, 4) is 0 Å². The molecule has 0 fully saturated rings. The lowest BCUT2D eigenvalue weighted by atomic mass is 9.99. The van der Waals surface area contributed by atoms with Gasteiger partial charge in [-0.25, -0.2) is 4.39 Å². The number of aliphatic hydroxyl groups is 1. The molecule has 0 aliphatic carbocycles. The van der Waals surface area contributed by atoms with Gasteiger partial charge in [0.1, 0.15) is 5.82 Å². The van der Waals surface area contributed by atoms with Crippen LogP contribution < -0.4 is 0 Å². The van der Waals surface area contributed by atoms with Gasteiger partial charge in [-0.2, -0.15) is 0 Å². The fourth-order valence-corrected chi connectivity index (χ4v) is 2.01. The number of carbonyl (C=O) groups excluding carboxylic acids is 1. The molecule has 20 heavy (non-hydrogen) atoms. The van der Waals surface area contributed by atoms with Crippen molar-refractivity contribution in [2.75, 3.05) is 13.7 Å². The van der Waals surface area contributed by atoms with Crippen molar-refractivity contribution in [2.45, 2.75) is 19.4 Å². The van der Waals surface area contributed by atoms with Crippen LogP contribution in [0, 0.1) is 5.82 Å². The lowest BCUT2D eigenvalue weighted by Crippen LogP contribution is -2.47. The number of hydrogen-bond acceptors (Lipinski definition) is 2. The second kappa shape index (κ2) is 5.21. The highest BCUT2D eigenvalue weighted by molar-refractivity contribution is 6.07. The zero-order valence-corrected chi connectivity index (χ0v) is 11.9. The molecule has 0 aliphatic heterocycles. The van der Waals surface area contributed by atoms with Crippen LogP contribution in [0.4, 0.5) is 4.39 Å². The smallest absolute Gasteiger partial charge is 0.254 e. The first-order valence-corrected chi connectivity index (χ1v) is 6.45. The fraction of sp³-hybridized carbons (Fsp3) is 0.312. The predicted molar refractivity (Wildman–Crippen MR) is 77.2 cm³/mol. The zero-order valence-electron chi connectivity index (χ0n) is 11.9. The van der Waals surface area contributed by atoms with Crippen molar-refractivity contribution in [1.82, 2.24) is 4.90 Å². The van der Waals surface area contributed by atoms with E-state index in [9.17, 15) is 14.3 Å². The molecule has 3 nitrogen and oxygen atoms in total. The van der Waals surface area contributed by atoms with Crippen LogP contribution in [0.15, 0.2) is 36.4 Å². The SMILES string of the molecule is CN(C(=O)c1ccc(F)c2ccccc12)C(C)(C)CO. The van der Waals surface area contributed by atoms with Crippen LogP contribution in [0.5, 0.6) is 0 Å². The number of aliphatic hydroxyl groups excluding tert-OH is 1. The summed E-state index contributed by atoms with van der Waals surface area (Å²) < 4.78 is 13.8. The topological polar surface area (TPSA) is 40.5 Å². The van der Waals surface area contributed by atoms with Gasteiger partial charge >= 0.3 is 0 Å². The summed E-state index contributed by atoms with van der Waals surface area (Å²) in [5.74, 6) is -0.582. The summed E-state index contributed by atoms with van der Waals surface area (Å²) in [7, 11) is 1.64. The fourth-order valence-electron chi connectivity index (χ4n) is 2.01.